The summed E-state index contributed by atoms with van der Waals surface area (Å²) < 4.78 is 0. The Labute approximate surface area is 211 Å². The van der Waals surface area contributed by atoms with Gasteiger partial charge in [0.2, 0.25) is 0 Å². The molecule has 0 saturated heterocycles. The average Bonchev–Trinajstić information content (AvgIpc) is 2.94. The molecule has 5 aromatic rings. The Hall–Kier alpha value is -4.68. The van der Waals surface area contributed by atoms with Crippen molar-refractivity contribution in [2.75, 3.05) is 4.90 Å². The largest absolute Gasteiger partial charge is 0.310 e. The number of nitriles is 1. The number of hydrogen-bond donors (Lipinski definition) is 0. The maximum atomic E-state index is 9.00. The number of rotatable bonds is 3. The minimum atomic E-state index is -0.0720. The van der Waals surface area contributed by atoms with E-state index in [0.717, 1.165) is 27.9 Å². The van der Waals surface area contributed by atoms with Gasteiger partial charge in [-0.15, -0.1) is 0 Å². The van der Waals surface area contributed by atoms with E-state index in [0.29, 0.717) is 5.69 Å². The van der Waals surface area contributed by atoms with Gasteiger partial charge in [0.1, 0.15) is 11.8 Å². The second-order valence-electron chi connectivity index (χ2n) is 9.67. The summed E-state index contributed by atoms with van der Waals surface area (Å²) in [6.45, 7) is 4.62. The number of para-hydroxylation sites is 2. The third kappa shape index (κ3) is 3.56. The van der Waals surface area contributed by atoms with Crippen molar-refractivity contribution in [2.45, 2.75) is 19.3 Å². The molecule has 3 nitrogen and oxygen atoms in total. The molecule has 0 aliphatic carbocycles. The Kier molecular flexibility index (Phi) is 5.16. The van der Waals surface area contributed by atoms with Crippen LogP contribution in [0.5, 0.6) is 0 Å². The van der Waals surface area contributed by atoms with Gasteiger partial charge in [-0.2, -0.15) is 5.26 Å². The SMILES string of the molecule is CC1(C)c2ccccc2N(c2cccc(-c3ccc(-c4ccc(C#N)nc4)cc3)c2)c2ccccc21. The molecule has 0 N–H and O–H groups in total. The van der Waals surface area contributed by atoms with Crippen molar-refractivity contribution in [1.29, 1.82) is 5.26 Å². The Morgan fingerprint density at radius 2 is 1.22 bits per heavy atom. The Morgan fingerprint density at radius 3 is 1.81 bits per heavy atom. The number of aromatic nitrogens is 1. The molecule has 36 heavy (non-hydrogen) atoms. The first-order valence-corrected chi connectivity index (χ1v) is 12.1. The molecule has 1 aromatic heterocycles. The van der Waals surface area contributed by atoms with Crippen LogP contribution < -0.4 is 4.90 Å². The van der Waals surface area contributed by atoms with E-state index >= 15 is 0 Å². The second kappa shape index (κ2) is 8.52. The maximum absolute atomic E-state index is 9.00. The van der Waals surface area contributed by atoms with Crippen LogP contribution in [0.15, 0.2) is 115 Å². The monoisotopic (exact) mass is 463 g/mol. The predicted octanol–water partition coefficient (Wildman–Crippen LogP) is 8.40. The van der Waals surface area contributed by atoms with Crippen molar-refractivity contribution >= 4 is 17.1 Å². The number of fused-ring (bicyclic) bond motifs is 2. The van der Waals surface area contributed by atoms with Crippen LogP contribution in [-0.2, 0) is 5.41 Å². The van der Waals surface area contributed by atoms with Crippen molar-refractivity contribution in [1.82, 2.24) is 4.98 Å². The standard InChI is InChI=1S/C33H25N3/c1-33(2)29-10-3-5-12-31(29)36(32-13-6-4-11-30(32)33)28-9-7-8-25(20-28)23-14-16-24(17-15-23)26-18-19-27(21-34)35-22-26/h3-20,22H,1-2H3. The fraction of sp³-hybridized carbons (Fsp3) is 0.0909. The van der Waals surface area contributed by atoms with Gasteiger partial charge in [-0.3, -0.25) is 0 Å². The molecule has 1 aliphatic rings. The molecule has 0 saturated carbocycles. The molecule has 0 fully saturated rings. The summed E-state index contributed by atoms with van der Waals surface area (Å²) in [6, 6.07) is 40.5. The van der Waals surface area contributed by atoms with Gasteiger partial charge in [0.05, 0.1) is 11.4 Å². The molecule has 3 heteroatoms. The van der Waals surface area contributed by atoms with E-state index in [1.807, 2.05) is 6.07 Å². The maximum Gasteiger partial charge on any atom is 0.140 e. The summed E-state index contributed by atoms with van der Waals surface area (Å²) in [4.78, 5) is 6.58. The van der Waals surface area contributed by atoms with E-state index in [1.54, 1.807) is 12.3 Å². The van der Waals surface area contributed by atoms with Gasteiger partial charge in [0.15, 0.2) is 0 Å². The fourth-order valence-corrected chi connectivity index (χ4v) is 5.26. The molecular formula is C33H25N3. The third-order valence-corrected chi connectivity index (χ3v) is 7.17. The summed E-state index contributed by atoms with van der Waals surface area (Å²) in [5.74, 6) is 0. The van der Waals surface area contributed by atoms with E-state index in [-0.39, 0.29) is 5.41 Å². The topological polar surface area (TPSA) is 39.9 Å². The predicted molar refractivity (Wildman–Crippen MR) is 147 cm³/mol. The highest BCUT2D eigenvalue weighted by atomic mass is 15.2. The lowest BCUT2D eigenvalue weighted by Gasteiger charge is -2.42. The molecule has 6 rings (SSSR count). The number of hydrogen-bond acceptors (Lipinski definition) is 3. The molecular weight excluding hydrogens is 438 g/mol. The molecule has 4 aromatic carbocycles. The van der Waals surface area contributed by atoms with E-state index < -0.39 is 0 Å². The van der Waals surface area contributed by atoms with Crippen molar-refractivity contribution < 1.29 is 0 Å². The Balaban J connectivity index is 1.40. The smallest absolute Gasteiger partial charge is 0.140 e. The fourth-order valence-electron chi connectivity index (χ4n) is 5.26. The molecule has 0 atom stereocenters. The molecule has 0 spiro atoms. The lowest BCUT2D eigenvalue weighted by Crippen LogP contribution is -2.30. The lowest BCUT2D eigenvalue weighted by atomic mass is 9.73. The number of nitrogens with zero attached hydrogens (tertiary/aromatic N) is 3. The summed E-state index contributed by atoms with van der Waals surface area (Å²) in [5, 5.41) is 9.00. The second-order valence-corrected chi connectivity index (χ2v) is 9.67. The van der Waals surface area contributed by atoms with Gasteiger partial charge in [0, 0.05) is 22.9 Å². The quantitative estimate of drug-likeness (QED) is 0.270. The highest BCUT2D eigenvalue weighted by Crippen LogP contribution is 2.51. The first-order chi connectivity index (χ1) is 17.6. The van der Waals surface area contributed by atoms with Gasteiger partial charge < -0.3 is 4.90 Å². The Morgan fingerprint density at radius 1 is 0.639 bits per heavy atom. The number of pyridine rings is 1. The highest BCUT2D eigenvalue weighted by Gasteiger charge is 2.36. The summed E-state index contributed by atoms with van der Waals surface area (Å²) in [6.07, 6.45) is 1.75. The van der Waals surface area contributed by atoms with Crippen LogP contribution in [0.3, 0.4) is 0 Å². The van der Waals surface area contributed by atoms with E-state index in [4.69, 9.17) is 5.26 Å². The van der Waals surface area contributed by atoms with Crippen molar-refractivity contribution in [2.24, 2.45) is 0 Å². The lowest BCUT2D eigenvalue weighted by molar-refractivity contribution is 0.632. The van der Waals surface area contributed by atoms with E-state index in [9.17, 15) is 0 Å². The first-order valence-electron chi connectivity index (χ1n) is 12.1. The number of benzene rings is 4. The first kappa shape index (κ1) is 21.8. The van der Waals surface area contributed by atoms with Crippen molar-refractivity contribution in [3.8, 4) is 28.3 Å². The Bertz CT molecular complexity index is 1560. The molecule has 0 amide bonds. The van der Waals surface area contributed by atoms with Crippen molar-refractivity contribution in [3.05, 3.63) is 132 Å². The van der Waals surface area contributed by atoms with Crippen LogP contribution in [0.25, 0.3) is 22.3 Å². The zero-order chi connectivity index (χ0) is 24.7. The normalized spacial score (nSPS) is 13.4. The van der Waals surface area contributed by atoms with Crippen LogP contribution in [-0.4, -0.2) is 4.98 Å². The minimum Gasteiger partial charge on any atom is -0.310 e. The van der Waals surface area contributed by atoms with Crippen LogP contribution in [0, 0.1) is 11.3 Å². The average molecular weight is 464 g/mol. The van der Waals surface area contributed by atoms with E-state index in [1.165, 1.54) is 22.5 Å². The molecule has 0 bridgehead atoms. The number of anilines is 3. The third-order valence-electron chi connectivity index (χ3n) is 7.17. The van der Waals surface area contributed by atoms with Gasteiger partial charge in [-0.25, -0.2) is 4.98 Å². The van der Waals surface area contributed by atoms with Crippen molar-refractivity contribution in [3.63, 3.8) is 0 Å². The van der Waals surface area contributed by atoms with Crippen LogP contribution in [0.4, 0.5) is 17.1 Å². The van der Waals surface area contributed by atoms with Crippen LogP contribution in [0.1, 0.15) is 30.7 Å². The minimum absolute atomic E-state index is 0.0720. The highest BCUT2D eigenvalue weighted by molar-refractivity contribution is 5.87. The van der Waals surface area contributed by atoms with Gasteiger partial charge in [-0.05, 0) is 64.2 Å². The molecule has 172 valence electrons. The zero-order valence-corrected chi connectivity index (χ0v) is 20.3. The molecule has 0 unspecified atom stereocenters. The van der Waals surface area contributed by atoms with E-state index in [2.05, 4.69) is 127 Å². The zero-order valence-electron chi connectivity index (χ0n) is 20.3. The van der Waals surface area contributed by atoms with Gasteiger partial charge in [0.25, 0.3) is 0 Å². The summed E-state index contributed by atoms with van der Waals surface area (Å²) in [7, 11) is 0. The van der Waals surface area contributed by atoms with Crippen LogP contribution in [0.2, 0.25) is 0 Å². The van der Waals surface area contributed by atoms with Crippen LogP contribution >= 0.6 is 0 Å². The molecule has 1 aliphatic heterocycles. The molecule has 0 radical (unpaired) electrons. The van der Waals surface area contributed by atoms with Gasteiger partial charge in [-0.1, -0.05) is 86.6 Å². The van der Waals surface area contributed by atoms with Gasteiger partial charge >= 0.3 is 0 Å². The summed E-state index contributed by atoms with van der Waals surface area (Å²) >= 11 is 0. The molecule has 2 heterocycles. The summed E-state index contributed by atoms with van der Waals surface area (Å²) in [5.41, 5.74) is 11.0.